The van der Waals surface area contributed by atoms with Crippen LogP contribution in [0, 0.1) is 13.8 Å². The molecule has 6 nitrogen and oxygen atoms in total. The van der Waals surface area contributed by atoms with Crippen LogP contribution in [-0.4, -0.2) is 49.0 Å². The maximum Gasteiger partial charge on any atom is 0.243 e. The third-order valence-corrected chi connectivity index (χ3v) is 7.06. The minimum absolute atomic E-state index is 0.168. The molecule has 1 saturated heterocycles. The molecule has 0 radical (unpaired) electrons. The lowest BCUT2D eigenvalue weighted by atomic mass is 10.2. The van der Waals surface area contributed by atoms with E-state index >= 15 is 0 Å². The second-order valence-electron chi connectivity index (χ2n) is 6.06. The molecular formula is C16H19Cl2N3O3S. The van der Waals surface area contributed by atoms with Crippen molar-refractivity contribution in [1.29, 1.82) is 0 Å². The molecule has 0 aliphatic carbocycles. The third-order valence-electron chi connectivity index (χ3n) is 4.42. The van der Waals surface area contributed by atoms with Gasteiger partial charge >= 0.3 is 0 Å². The van der Waals surface area contributed by atoms with Crippen molar-refractivity contribution in [3.05, 3.63) is 45.3 Å². The van der Waals surface area contributed by atoms with E-state index in [-0.39, 0.29) is 9.92 Å². The van der Waals surface area contributed by atoms with E-state index in [9.17, 15) is 8.42 Å². The summed E-state index contributed by atoms with van der Waals surface area (Å²) in [5.41, 5.74) is 1.95. The summed E-state index contributed by atoms with van der Waals surface area (Å²) in [5.74, 6) is 0.809. The number of sulfonamides is 1. The van der Waals surface area contributed by atoms with E-state index in [2.05, 4.69) is 10.1 Å². The Hall–Kier alpha value is -1.12. The van der Waals surface area contributed by atoms with Crippen LogP contribution in [0.3, 0.4) is 0 Å². The number of hydrogen-bond acceptors (Lipinski definition) is 5. The first-order valence-electron chi connectivity index (χ1n) is 7.88. The molecule has 0 atom stereocenters. The van der Waals surface area contributed by atoms with E-state index in [1.807, 2.05) is 13.8 Å². The Bertz CT molecular complexity index is 855. The summed E-state index contributed by atoms with van der Waals surface area (Å²) >= 11 is 11.8. The Balaban J connectivity index is 1.68. The van der Waals surface area contributed by atoms with Crippen LogP contribution in [0.1, 0.15) is 17.0 Å². The highest BCUT2D eigenvalue weighted by atomic mass is 35.5. The van der Waals surface area contributed by atoms with Gasteiger partial charge in [0.05, 0.1) is 20.6 Å². The van der Waals surface area contributed by atoms with Gasteiger partial charge in [0.25, 0.3) is 0 Å². The summed E-state index contributed by atoms with van der Waals surface area (Å²) in [6.45, 7) is 6.64. The van der Waals surface area contributed by atoms with Gasteiger partial charge in [-0.15, -0.1) is 0 Å². The van der Waals surface area contributed by atoms with Gasteiger partial charge in [0.2, 0.25) is 10.0 Å². The van der Waals surface area contributed by atoms with Crippen molar-refractivity contribution in [2.45, 2.75) is 25.3 Å². The zero-order chi connectivity index (χ0) is 18.2. The van der Waals surface area contributed by atoms with Crippen molar-refractivity contribution < 1.29 is 12.9 Å². The van der Waals surface area contributed by atoms with Crippen LogP contribution in [-0.2, 0) is 16.6 Å². The molecule has 1 fully saturated rings. The molecule has 1 aromatic heterocycles. The smallest absolute Gasteiger partial charge is 0.243 e. The highest BCUT2D eigenvalue weighted by molar-refractivity contribution is 7.89. The molecule has 0 bridgehead atoms. The summed E-state index contributed by atoms with van der Waals surface area (Å²) in [5, 5.41) is 4.53. The number of nitrogens with zero attached hydrogens (tertiary/aromatic N) is 3. The fourth-order valence-electron chi connectivity index (χ4n) is 2.87. The van der Waals surface area contributed by atoms with E-state index in [1.54, 1.807) is 0 Å². The predicted molar refractivity (Wildman–Crippen MR) is 96.5 cm³/mol. The van der Waals surface area contributed by atoms with Crippen LogP contribution < -0.4 is 0 Å². The first kappa shape index (κ1) is 18.7. The maximum absolute atomic E-state index is 12.8. The summed E-state index contributed by atoms with van der Waals surface area (Å²) in [4.78, 5) is 2.37. The monoisotopic (exact) mass is 403 g/mol. The lowest BCUT2D eigenvalue weighted by Crippen LogP contribution is -2.48. The Morgan fingerprint density at radius 2 is 1.80 bits per heavy atom. The molecule has 1 aromatic carbocycles. The van der Waals surface area contributed by atoms with Crippen molar-refractivity contribution in [1.82, 2.24) is 14.4 Å². The highest BCUT2D eigenvalue weighted by Gasteiger charge is 2.29. The van der Waals surface area contributed by atoms with Gasteiger partial charge in [-0.2, -0.15) is 4.31 Å². The van der Waals surface area contributed by atoms with E-state index < -0.39 is 10.0 Å². The zero-order valence-electron chi connectivity index (χ0n) is 14.0. The van der Waals surface area contributed by atoms with Gasteiger partial charge < -0.3 is 4.52 Å². The van der Waals surface area contributed by atoms with E-state index in [4.69, 9.17) is 27.7 Å². The van der Waals surface area contributed by atoms with Gasteiger partial charge in [-0.3, -0.25) is 4.90 Å². The first-order valence-corrected chi connectivity index (χ1v) is 10.1. The lowest BCUT2D eigenvalue weighted by molar-refractivity contribution is 0.180. The molecule has 1 aliphatic rings. The number of rotatable bonds is 4. The minimum Gasteiger partial charge on any atom is -0.361 e. The van der Waals surface area contributed by atoms with Crippen molar-refractivity contribution in [2.75, 3.05) is 26.2 Å². The van der Waals surface area contributed by atoms with Gasteiger partial charge in [-0.05, 0) is 32.0 Å². The zero-order valence-corrected chi connectivity index (χ0v) is 16.3. The average molecular weight is 404 g/mol. The van der Waals surface area contributed by atoms with E-state index in [0.717, 1.165) is 17.0 Å². The normalized spacial score (nSPS) is 17.1. The number of aryl methyl sites for hydroxylation is 2. The summed E-state index contributed by atoms with van der Waals surface area (Å²) in [6, 6.07) is 4.39. The first-order chi connectivity index (χ1) is 11.8. The van der Waals surface area contributed by atoms with Crippen LogP contribution >= 0.6 is 23.2 Å². The Kier molecular flexibility index (Phi) is 5.41. The summed E-state index contributed by atoms with van der Waals surface area (Å²) in [7, 11) is -3.57. The van der Waals surface area contributed by atoms with E-state index in [1.165, 1.54) is 22.5 Å². The Morgan fingerprint density at radius 3 is 2.36 bits per heavy atom. The van der Waals surface area contributed by atoms with Gasteiger partial charge in [-0.25, -0.2) is 8.42 Å². The molecule has 2 heterocycles. The SMILES string of the molecule is Cc1noc(C)c1CN1CCN(S(=O)(=O)c2ccc(Cl)c(Cl)c2)CC1. The van der Waals surface area contributed by atoms with Crippen molar-refractivity contribution in [3.63, 3.8) is 0 Å². The maximum atomic E-state index is 12.8. The van der Waals surface area contributed by atoms with Crippen molar-refractivity contribution >= 4 is 33.2 Å². The largest absolute Gasteiger partial charge is 0.361 e. The second-order valence-corrected chi connectivity index (χ2v) is 8.81. The topological polar surface area (TPSA) is 66.7 Å². The minimum atomic E-state index is -3.57. The van der Waals surface area contributed by atoms with Crippen LogP contribution in [0.2, 0.25) is 10.0 Å². The molecule has 0 spiro atoms. The average Bonchev–Trinajstić information content (AvgIpc) is 2.89. The molecule has 25 heavy (non-hydrogen) atoms. The van der Waals surface area contributed by atoms with Gasteiger partial charge in [0.15, 0.2) is 0 Å². The number of halogens is 2. The standard InChI is InChI=1S/C16H19Cl2N3O3S/c1-11-14(12(2)24-19-11)10-20-5-7-21(8-6-20)25(22,23)13-3-4-15(17)16(18)9-13/h3-4,9H,5-8,10H2,1-2H3. The quantitative estimate of drug-likeness (QED) is 0.784. The molecule has 2 aromatic rings. The molecule has 136 valence electrons. The third kappa shape index (κ3) is 3.85. The molecule has 3 rings (SSSR count). The molecular weight excluding hydrogens is 385 g/mol. The van der Waals surface area contributed by atoms with Crippen LogP contribution in [0.15, 0.2) is 27.6 Å². The van der Waals surface area contributed by atoms with Gasteiger partial charge in [0.1, 0.15) is 5.76 Å². The number of piperazine rings is 1. The van der Waals surface area contributed by atoms with Crippen molar-refractivity contribution in [3.8, 4) is 0 Å². The molecule has 0 saturated carbocycles. The van der Waals surface area contributed by atoms with Crippen LogP contribution in [0.25, 0.3) is 0 Å². The number of aromatic nitrogens is 1. The summed E-state index contributed by atoms with van der Waals surface area (Å²) < 4.78 is 32.2. The predicted octanol–water partition coefficient (Wildman–Crippen LogP) is 3.10. The van der Waals surface area contributed by atoms with Gasteiger partial charge in [0, 0.05) is 38.3 Å². The Morgan fingerprint density at radius 1 is 1.12 bits per heavy atom. The second kappa shape index (κ2) is 7.25. The lowest BCUT2D eigenvalue weighted by Gasteiger charge is -2.33. The molecule has 9 heteroatoms. The molecule has 1 aliphatic heterocycles. The highest BCUT2D eigenvalue weighted by Crippen LogP contribution is 2.27. The molecule has 0 N–H and O–H groups in total. The number of benzene rings is 1. The van der Waals surface area contributed by atoms with E-state index in [0.29, 0.717) is 37.7 Å². The summed E-state index contributed by atoms with van der Waals surface area (Å²) in [6.07, 6.45) is 0. The molecule has 0 unspecified atom stereocenters. The molecule has 0 amide bonds. The van der Waals surface area contributed by atoms with Crippen molar-refractivity contribution in [2.24, 2.45) is 0 Å². The Labute approximate surface area is 157 Å². The van der Waals surface area contributed by atoms with Crippen LogP contribution in [0.5, 0.6) is 0 Å². The van der Waals surface area contributed by atoms with Crippen LogP contribution in [0.4, 0.5) is 0 Å². The fourth-order valence-corrected chi connectivity index (χ4v) is 4.68. The van der Waals surface area contributed by atoms with Gasteiger partial charge in [-0.1, -0.05) is 28.4 Å². The fraction of sp³-hybridized carbons (Fsp3) is 0.438. The number of hydrogen-bond donors (Lipinski definition) is 0.